The van der Waals surface area contributed by atoms with Gasteiger partial charge in [0.1, 0.15) is 7.05 Å². The Morgan fingerprint density at radius 2 is 1.56 bits per heavy atom. The standard InChI is InChI=1S/C30H34N2O3S/c1-21-15-17-25-23(19-21)29(2,3)27(31(25)6)13-11-9-8-10-12-14-28-30(4,5)24-20-22(36(33,34)35)16-18-26(24)32(28)7/h8-20H,1-7H3/p+1. The molecule has 0 aromatic heterocycles. The second kappa shape index (κ2) is 9.02. The maximum Gasteiger partial charge on any atom is 0.294 e. The molecule has 2 aliphatic rings. The topological polar surface area (TPSA) is 60.6 Å². The average Bonchev–Trinajstić information content (AvgIpc) is 3.10. The number of likely N-dealkylation sites (N-methyl/N-ethyl adjacent to an activating group) is 1. The lowest BCUT2D eigenvalue weighted by molar-refractivity contribution is -0.401. The lowest BCUT2D eigenvalue weighted by atomic mass is 9.81. The summed E-state index contributed by atoms with van der Waals surface area (Å²) in [6.45, 7) is 10.8. The van der Waals surface area contributed by atoms with Gasteiger partial charge in [-0.2, -0.15) is 13.0 Å². The van der Waals surface area contributed by atoms with Crippen molar-refractivity contribution >= 4 is 27.2 Å². The molecule has 2 heterocycles. The quantitative estimate of drug-likeness (QED) is 0.299. The van der Waals surface area contributed by atoms with E-state index >= 15 is 0 Å². The summed E-state index contributed by atoms with van der Waals surface area (Å²) in [6.07, 6.45) is 14.3. The summed E-state index contributed by atoms with van der Waals surface area (Å²) in [7, 11) is -0.158. The molecule has 2 aromatic rings. The van der Waals surface area contributed by atoms with Crippen LogP contribution in [0.5, 0.6) is 0 Å². The number of rotatable bonds is 5. The zero-order valence-corrected chi connectivity index (χ0v) is 22.9. The molecule has 0 fully saturated rings. The molecule has 188 valence electrons. The molecule has 0 unspecified atom stereocenters. The smallest absolute Gasteiger partial charge is 0.294 e. The molecule has 6 heteroatoms. The van der Waals surface area contributed by atoms with Crippen molar-refractivity contribution < 1.29 is 17.5 Å². The van der Waals surface area contributed by atoms with Crippen molar-refractivity contribution in [2.45, 2.75) is 50.3 Å². The van der Waals surface area contributed by atoms with Crippen molar-refractivity contribution in [3.8, 4) is 0 Å². The Kier molecular flexibility index (Phi) is 6.48. The molecule has 36 heavy (non-hydrogen) atoms. The van der Waals surface area contributed by atoms with Gasteiger partial charge in [-0.3, -0.25) is 4.55 Å². The number of benzene rings is 2. The number of fused-ring (bicyclic) bond motifs is 2. The minimum absolute atomic E-state index is 0.0520. The molecule has 5 nitrogen and oxygen atoms in total. The first-order chi connectivity index (χ1) is 16.8. The first-order valence-electron chi connectivity index (χ1n) is 12.1. The summed E-state index contributed by atoms with van der Waals surface area (Å²) < 4.78 is 34.7. The van der Waals surface area contributed by atoms with Gasteiger partial charge in [0.05, 0.1) is 10.3 Å². The van der Waals surface area contributed by atoms with Crippen molar-refractivity contribution in [3.63, 3.8) is 0 Å². The molecule has 0 saturated heterocycles. The van der Waals surface area contributed by atoms with Crippen LogP contribution in [0.2, 0.25) is 0 Å². The molecule has 0 bridgehead atoms. The van der Waals surface area contributed by atoms with Crippen LogP contribution >= 0.6 is 0 Å². The molecule has 1 N–H and O–H groups in total. The minimum atomic E-state index is -4.25. The summed E-state index contributed by atoms with van der Waals surface area (Å²) in [6, 6.07) is 11.4. The van der Waals surface area contributed by atoms with E-state index in [0.717, 1.165) is 17.0 Å². The average molecular weight is 504 g/mol. The van der Waals surface area contributed by atoms with E-state index in [9.17, 15) is 13.0 Å². The monoisotopic (exact) mass is 503 g/mol. The van der Waals surface area contributed by atoms with Crippen LogP contribution in [0.4, 0.5) is 11.4 Å². The predicted octanol–water partition coefficient (Wildman–Crippen LogP) is 6.23. The number of allylic oxidation sites excluding steroid dienone is 8. The van der Waals surface area contributed by atoms with Crippen LogP contribution in [0.3, 0.4) is 0 Å². The van der Waals surface area contributed by atoms with Crippen LogP contribution in [-0.2, 0) is 20.9 Å². The van der Waals surface area contributed by atoms with E-state index < -0.39 is 15.5 Å². The number of hydrogen-bond donors (Lipinski definition) is 1. The zero-order valence-electron chi connectivity index (χ0n) is 22.1. The molecule has 0 aliphatic carbocycles. The third kappa shape index (κ3) is 4.40. The molecule has 0 saturated carbocycles. The van der Waals surface area contributed by atoms with Crippen LogP contribution < -0.4 is 4.90 Å². The first-order valence-corrected chi connectivity index (χ1v) is 13.5. The van der Waals surface area contributed by atoms with E-state index in [1.54, 1.807) is 12.1 Å². The highest BCUT2D eigenvalue weighted by atomic mass is 32.2. The van der Waals surface area contributed by atoms with Gasteiger partial charge in [-0.1, -0.05) is 61.9 Å². The van der Waals surface area contributed by atoms with E-state index in [1.807, 2.05) is 37.4 Å². The Bertz CT molecular complexity index is 1490. The van der Waals surface area contributed by atoms with E-state index in [1.165, 1.54) is 28.6 Å². The van der Waals surface area contributed by atoms with E-state index in [0.29, 0.717) is 0 Å². The molecular formula is C30H35N2O3S+. The van der Waals surface area contributed by atoms with Gasteiger partial charge in [0.2, 0.25) is 5.69 Å². The fraction of sp³-hybridized carbons (Fsp3) is 0.300. The Balaban J connectivity index is 1.49. The van der Waals surface area contributed by atoms with Crippen molar-refractivity contribution in [2.24, 2.45) is 0 Å². The van der Waals surface area contributed by atoms with Gasteiger partial charge in [0.15, 0.2) is 5.71 Å². The number of anilines is 1. The molecule has 0 amide bonds. The van der Waals surface area contributed by atoms with Crippen LogP contribution in [0, 0.1) is 6.92 Å². The highest BCUT2D eigenvalue weighted by molar-refractivity contribution is 7.85. The lowest BCUT2D eigenvalue weighted by Gasteiger charge is -2.23. The SMILES string of the molecule is Cc1ccc2c(c1)C(C)(C)\C(=C/C=C/C=C/C=C/C1=[N+](C)c3ccc(S(=O)(=O)O)cc3C1(C)C)N2C. The van der Waals surface area contributed by atoms with Crippen LogP contribution in [0.1, 0.15) is 44.4 Å². The summed E-state index contributed by atoms with van der Waals surface area (Å²) in [5, 5.41) is 0. The van der Waals surface area contributed by atoms with Gasteiger partial charge in [0, 0.05) is 41.6 Å². The maximum atomic E-state index is 11.6. The maximum absolute atomic E-state index is 11.6. The van der Waals surface area contributed by atoms with Gasteiger partial charge in [-0.25, -0.2) is 0 Å². The number of hydrogen-bond acceptors (Lipinski definition) is 3. The fourth-order valence-electron chi connectivity index (χ4n) is 5.41. The summed E-state index contributed by atoms with van der Waals surface area (Å²) in [5.41, 5.74) is 7.54. The Hall–Kier alpha value is -3.22. The third-order valence-corrected chi connectivity index (χ3v) is 8.29. The number of aryl methyl sites for hydroxylation is 1. The summed E-state index contributed by atoms with van der Waals surface area (Å²) in [5.74, 6) is 0. The van der Waals surface area contributed by atoms with Gasteiger partial charge in [0.25, 0.3) is 10.1 Å². The Morgan fingerprint density at radius 1 is 0.889 bits per heavy atom. The van der Waals surface area contributed by atoms with Crippen LogP contribution in [0.25, 0.3) is 0 Å². The molecule has 0 spiro atoms. The Labute approximate surface area is 215 Å². The minimum Gasteiger partial charge on any atom is -0.347 e. The second-order valence-electron chi connectivity index (χ2n) is 10.6. The van der Waals surface area contributed by atoms with Gasteiger partial charge in [-0.05, 0) is 50.6 Å². The van der Waals surface area contributed by atoms with Crippen molar-refractivity contribution in [1.82, 2.24) is 0 Å². The van der Waals surface area contributed by atoms with Gasteiger partial charge < -0.3 is 4.90 Å². The van der Waals surface area contributed by atoms with Crippen LogP contribution in [-0.4, -0.2) is 37.4 Å². The third-order valence-electron chi connectivity index (χ3n) is 7.44. The molecular weight excluding hydrogens is 468 g/mol. The Morgan fingerprint density at radius 3 is 2.25 bits per heavy atom. The van der Waals surface area contributed by atoms with Gasteiger partial charge >= 0.3 is 0 Å². The highest BCUT2D eigenvalue weighted by Crippen LogP contribution is 2.47. The summed E-state index contributed by atoms with van der Waals surface area (Å²) in [4.78, 5) is 2.18. The largest absolute Gasteiger partial charge is 0.347 e. The van der Waals surface area contributed by atoms with Crippen molar-refractivity contribution in [1.29, 1.82) is 0 Å². The number of nitrogens with zero attached hydrogens (tertiary/aromatic N) is 2. The molecule has 2 aliphatic heterocycles. The molecule has 4 rings (SSSR count). The van der Waals surface area contributed by atoms with Gasteiger partial charge in [-0.15, -0.1) is 0 Å². The van der Waals surface area contributed by atoms with E-state index in [4.69, 9.17) is 0 Å². The molecule has 0 atom stereocenters. The lowest BCUT2D eigenvalue weighted by Crippen LogP contribution is -2.26. The van der Waals surface area contributed by atoms with E-state index in [-0.39, 0.29) is 10.3 Å². The molecule has 0 radical (unpaired) electrons. The zero-order chi connectivity index (χ0) is 26.5. The molecule has 2 aromatic carbocycles. The predicted molar refractivity (Wildman–Crippen MR) is 148 cm³/mol. The first kappa shape index (κ1) is 25.9. The van der Waals surface area contributed by atoms with E-state index in [2.05, 4.69) is 81.5 Å². The van der Waals surface area contributed by atoms with Crippen LogP contribution in [0.15, 0.2) is 89.5 Å². The van der Waals surface area contributed by atoms with Crippen molar-refractivity contribution in [3.05, 3.63) is 101 Å². The highest BCUT2D eigenvalue weighted by Gasteiger charge is 2.43. The van der Waals surface area contributed by atoms with Crippen molar-refractivity contribution in [2.75, 3.05) is 19.0 Å². The normalized spacial score (nSPS) is 19.9. The second-order valence-corrected chi connectivity index (χ2v) is 12.0. The fourth-order valence-corrected chi connectivity index (χ4v) is 5.92. The summed E-state index contributed by atoms with van der Waals surface area (Å²) >= 11 is 0.